The van der Waals surface area contributed by atoms with Crippen LogP contribution >= 0.6 is 0 Å². The van der Waals surface area contributed by atoms with Crippen molar-refractivity contribution in [3.63, 3.8) is 0 Å². The van der Waals surface area contributed by atoms with Crippen molar-refractivity contribution < 1.29 is 4.74 Å². The van der Waals surface area contributed by atoms with E-state index in [2.05, 4.69) is 30.4 Å². The third-order valence-corrected chi connectivity index (χ3v) is 2.86. The van der Waals surface area contributed by atoms with Crippen LogP contribution in [0.2, 0.25) is 0 Å². The minimum Gasteiger partial charge on any atom is -0.478 e. The SMILES string of the molecule is CCCCCc1cccc2c1OCNC2. The predicted octanol–water partition coefficient (Wildman–Crippen LogP) is 2.86. The molecule has 0 bridgehead atoms. The molecule has 2 nitrogen and oxygen atoms in total. The number of unbranched alkanes of at least 4 members (excludes halogenated alkanes) is 2. The molecular weight excluding hydrogens is 186 g/mol. The van der Waals surface area contributed by atoms with Crippen LogP contribution < -0.4 is 10.1 Å². The molecule has 0 unspecified atom stereocenters. The molecule has 0 radical (unpaired) electrons. The van der Waals surface area contributed by atoms with Gasteiger partial charge in [-0.25, -0.2) is 0 Å². The lowest BCUT2D eigenvalue weighted by molar-refractivity contribution is 0.254. The van der Waals surface area contributed by atoms with Crippen molar-refractivity contribution in [1.29, 1.82) is 0 Å². The number of benzene rings is 1. The van der Waals surface area contributed by atoms with E-state index in [9.17, 15) is 0 Å². The van der Waals surface area contributed by atoms with Crippen LogP contribution in [0.4, 0.5) is 0 Å². The van der Waals surface area contributed by atoms with Crippen molar-refractivity contribution in [2.75, 3.05) is 6.73 Å². The Labute approximate surface area is 91.6 Å². The number of hydrogen-bond acceptors (Lipinski definition) is 2. The van der Waals surface area contributed by atoms with E-state index in [4.69, 9.17) is 4.74 Å². The van der Waals surface area contributed by atoms with E-state index in [0.29, 0.717) is 6.73 Å². The van der Waals surface area contributed by atoms with E-state index in [1.54, 1.807) is 0 Å². The maximum absolute atomic E-state index is 5.67. The highest BCUT2D eigenvalue weighted by Gasteiger charge is 2.12. The van der Waals surface area contributed by atoms with Crippen molar-refractivity contribution in [3.05, 3.63) is 29.3 Å². The van der Waals surface area contributed by atoms with Gasteiger partial charge in [0.05, 0.1) is 0 Å². The second-order valence-electron chi connectivity index (χ2n) is 4.08. The highest BCUT2D eigenvalue weighted by Crippen LogP contribution is 2.27. The van der Waals surface area contributed by atoms with Crippen LogP contribution in [0.25, 0.3) is 0 Å². The molecule has 0 aliphatic carbocycles. The van der Waals surface area contributed by atoms with E-state index in [-0.39, 0.29) is 0 Å². The molecule has 0 amide bonds. The normalized spacial score (nSPS) is 14.5. The minimum absolute atomic E-state index is 0.651. The van der Waals surface area contributed by atoms with Crippen molar-refractivity contribution in [1.82, 2.24) is 5.32 Å². The second-order valence-corrected chi connectivity index (χ2v) is 4.08. The Balaban J connectivity index is 2.09. The summed E-state index contributed by atoms with van der Waals surface area (Å²) in [4.78, 5) is 0. The fourth-order valence-electron chi connectivity index (χ4n) is 2.03. The number of para-hydroxylation sites is 1. The van der Waals surface area contributed by atoms with Crippen molar-refractivity contribution >= 4 is 0 Å². The Morgan fingerprint density at radius 2 is 2.27 bits per heavy atom. The summed E-state index contributed by atoms with van der Waals surface area (Å²) < 4.78 is 5.67. The Kier molecular flexibility index (Phi) is 3.62. The molecule has 2 heteroatoms. The van der Waals surface area contributed by atoms with Crippen LogP contribution in [0.15, 0.2) is 18.2 Å². The fraction of sp³-hybridized carbons (Fsp3) is 0.538. The standard InChI is InChI=1S/C13H19NO/c1-2-3-4-6-11-7-5-8-12-9-14-10-15-13(11)12/h5,7-8,14H,2-4,6,9-10H2,1H3. The van der Waals surface area contributed by atoms with E-state index in [1.165, 1.54) is 30.4 Å². The summed E-state index contributed by atoms with van der Waals surface area (Å²) in [5.74, 6) is 1.13. The maximum Gasteiger partial charge on any atom is 0.139 e. The van der Waals surface area contributed by atoms with Gasteiger partial charge in [0.25, 0.3) is 0 Å². The fourth-order valence-corrected chi connectivity index (χ4v) is 2.03. The molecule has 0 saturated heterocycles. The number of aryl methyl sites for hydroxylation is 1. The molecule has 1 N–H and O–H groups in total. The van der Waals surface area contributed by atoms with E-state index in [1.807, 2.05) is 0 Å². The zero-order chi connectivity index (χ0) is 10.5. The Morgan fingerprint density at radius 3 is 3.13 bits per heavy atom. The van der Waals surface area contributed by atoms with Crippen molar-refractivity contribution in [3.8, 4) is 5.75 Å². The zero-order valence-corrected chi connectivity index (χ0v) is 9.38. The van der Waals surface area contributed by atoms with Gasteiger partial charge in [-0.3, -0.25) is 5.32 Å². The van der Waals surface area contributed by atoms with Crippen LogP contribution in [-0.4, -0.2) is 6.73 Å². The van der Waals surface area contributed by atoms with Crippen LogP contribution in [0.3, 0.4) is 0 Å². The van der Waals surface area contributed by atoms with Gasteiger partial charge in [0.2, 0.25) is 0 Å². The molecule has 1 aromatic carbocycles. The molecule has 0 fully saturated rings. The number of ether oxygens (including phenoxy) is 1. The van der Waals surface area contributed by atoms with E-state index >= 15 is 0 Å². The molecule has 1 aliphatic heterocycles. The third kappa shape index (κ3) is 2.51. The van der Waals surface area contributed by atoms with Gasteiger partial charge in [-0.15, -0.1) is 0 Å². The van der Waals surface area contributed by atoms with E-state index < -0.39 is 0 Å². The summed E-state index contributed by atoms with van der Waals surface area (Å²) in [6, 6.07) is 6.47. The molecule has 1 heterocycles. The highest BCUT2D eigenvalue weighted by atomic mass is 16.5. The van der Waals surface area contributed by atoms with Crippen LogP contribution in [-0.2, 0) is 13.0 Å². The number of fused-ring (bicyclic) bond motifs is 1. The first-order valence-corrected chi connectivity index (χ1v) is 5.86. The smallest absolute Gasteiger partial charge is 0.139 e. The van der Waals surface area contributed by atoms with Gasteiger partial charge in [0.1, 0.15) is 12.5 Å². The number of hydrogen-bond donors (Lipinski definition) is 1. The van der Waals surface area contributed by atoms with Crippen LogP contribution in [0.1, 0.15) is 37.3 Å². The largest absolute Gasteiger partial charge is 0.478 e. The molecule has 1 aliphatic rings. The lowest BCUT2D eigenvalue weighted by Crippen LogP contribution is -2.26. The lowest BCUT2D eigenvalue weighted by atomic mass is 10.0. The first-order chi connectivity index (χ1) is 7.42. The summed E-state index contributed by atoms with van der Waals surface area (Å²) in [6.07, 6.45) is 5.00. The summed E-state index contributed by atoms with van der Waals surface area (Å²) in [7, 11) is 0. The Morgan fingerprint density at radius 1 is 1.33 bits per heavy atom. The first-order valence-electron chi connectivity index (χ1n) is 5.86. The van der Waals surface area contributed by atoms with Gasteiger partial charge in [-0.1, -0.05) is 38.0 Å². The highest BCUT2D eigenvalue weighted by molar-refractivity contribution is 5.42. The lowest BCUT2D eigenvalue weighted by Gasteiger charge is -2.21. The molecular formula is C13H19NO. The molecule has 82 valence electrons. The van der Waals surface area contributed by atoms with Gasteiger partial charge in [0, 0.05) is 12.1 Å². The average Bonchev–Trinajstić information content (AvgIpc) is 2.30. The number of rotatable bonds is 4. The molecule has 0 aromatic heterocycles. The number of nitrogens with one attached hydrogen (secondary N) is 1. The Hall–Kier alpha value is -1.02. The summed E-state index contributed by atoms with van der Waals surface area (Å²) in [5.41, 5.74) is 2.68. The molecule has 0 atom stereocenters. The van der Waals surface area contributed by atoms with Crippen LogP contribution in [0, 0.1) is 0 Å². The quantitative estimate of drug-likeness (QED) is 0.763. The summed E-state index contributed by atoms with van der Waals surface area (Å²) in [5, 5.41) is 3.21. The van der Waals surface area contributed by atoms with Gasteiger partial charge in [-0.2, -0.15) is 0 Å². The monoisotopic (exact) mass is 205 g/mol. The molecule has 15 heavy (non-hydrogen) atoms. The summed E-state index contributed by atoms with van der Waals surface area (Å²) in [6.45, 7) is 3.83. The topological polar surface area (TPSA) is 21.3 Å². The molecule has 0 saturated carbocycles. The van der Waals surface area contributed by atoms with E-state index in [0.717, 1.165) is 18.7 Å². The summed E-state index contributed by atoms with van der Waals surface area (Å²) >= 11 is 0. The van der Waals surface area contributed by atoms with Gasteiger partial charge < -0.3 is 4.74 Å². The molecule has 1 aromatic rings. The average molecular weight is 205 g/mol. The van der Waals surface area contributed by atoms with Crippen LogP contribution in [0.5, 0.6) is 5.75 Å². The van der Waals surface area contributed by atoms with Gasteiger partial charge >= 0.3 is 0 Å². The second kappa shape index (κ2) is 5.17. The first kappa shape index (κ1) is 10.5. The predicted molar refractivity (Wildman–Crippen MR) is 62.0 cm³/mol. The maximum atomic E-state index is 5.67. The molecule has 0 spiro atoms. The van der Waals surface area contributed by atoms with Gasteiger partial charge in [0.15, 0.2) is 0 Å². The van der Waals surface area contributed by atoms with Crippen molar-refractivity contribution in [2.24, 2.45) is 0 Å². The van der Waals surface area contributed by atoms with Gasteiger partial charge in [-0.05, 0) is 18.4 Å². The molecule has 2 rings (SSSR count). The third-order valence-electron chi connectivity index (χ3n) is 2.86. The zero-order valence-electron chi connectivity index (χ0n) is 9.38. The minimum atomic E-state index is 0.651. The van der Waals surface area contributed by atoms with Crippen molar-refractivity contribution in [2.45, 2.75) is 39.2 Å². The Bertz CT molecular complexity index is 322.